The summed E-state index contributed by atoms with van der Waals surface area (Å²) in [5.74, 6) is -0.469. The third kappa shape index (κ3) is 6.06. The van der Waals surface area contributed by atoms with Crippen LogP contribution in [0.3, 0.4) is 0 Å². The van der Waals surface area contributed by atoms with Gasteiger partial charge in [0.2, 0.25) is 11.8 Å². The number of nitrogens with one attached hydrogen (secondary N) is 2. The summed E-state index contributed by atoms with van der Waals surface area (Å²) in [7, 11) is 0. The van der Waals surface area contributed by atoms with Gasteiger partial charge in [0, 0.05) is 11.5 Å². The Hall–Kier alpha value is -1.10. The van der Waals surface area contributed by atoms with Gasteiger partial charge in [0.05, 0.1) is 13.2 Å². The standard InChI is InChI=1S/C10H20N2O3/c1-7(6-13)12-8(14)5-11-9(15)10(2,3)4/h7,13H,5-6H2,1-4H3,(H,11,15)(H,12,14). The highest BCUT2D eigenvalue weighted by atomic mass is 16.3. The molecule has 0 aliphatic rings. The van der Waals surface area contributed by atoms with E-state index in [0.29, 0.717) is 0 Å². The van der Waals surface area contributed by atoms with Crippen molar-refractivity contribution in [3.8, 4) is 0 Å². The van der Waals surface area contributed by atoms with Crippen molar-refractivity contribution in [1.29, 1.82) is 0 Å². The van der Waals surface area contributed by atoms with Crippen LogP contribution < -0.4 is 10.6 Å². The van der Waals surface area contributed by atoms with Crippen LogP contribution in [0, 0.1) is 5.41 Å². The summed E-state index contributed by atoms with van der Waals surface area (Å²) < 4.78 is 0. The molecule has 0 fully saturated rings. The molecule has 0 aliphatic heterocycles. The van der Waals surface area contributed by atoms with Crippen molar-refractivity contribution >= 4 is 11.8 Å². The van der Waals surface area contributed by atoms with Gasteiger partial charge in [-0.05, 0) is 6.92 Å². The summed E-state index contributed by atoms with van der Waals surface area (Å²) in [5.41, 5.74) is -0.497. The fourth-order valence-electron chi connectivity index (χ4n) is 0.797. The third-order valence-electron chi connectivity index (χ3n) is 1.77. The molecule has 0 aromatic carbocycles. The summed E-state index contributed by atoms with van der Waals surface area (Å²) in [4.78, 5) is 22.6. The van der Waals surface area contributed by atoms with E-state index in [1.165, 1.54) is 0 Å². The lowest BCUT2D eigenvalue weighted by atomic mass is 9.96. The highest BCUT2D eigenvalue weighted by Crippen LogP contribution is 2.11. The maximum absolute atomic E-state index is 11.4. The van der Waals surface area contributed by atoms with E-state index in [2.05, 4.69) is 10.6 Å². The van der Waals surface area contributed by atoms with Crippen molar-refractivity contribution in [2.75, 3.05) is 13.2 Å². The predicted molar refractivity (Wildman–Crippen MR) is 57.2 cm³/mol. The quantitative estimate of drug-likeness (QED) is 0.601. The number of aliphatic hydroxyl groups is 1. The van der Waals surface area contributed by atoms with Gasteiger partial charge in [-0.3, -0.25) is 9.59 Å². The monoisotopic (exact) mass is 216 g/mol. The highest BCUT2D eigenvalue weighted by Gasteiger charge is 2.21. The predicted octanol–water partition coefficient (Wildman–Crippen LogP) is -0.354. The average molecular weight is 216 g/mol. The van der Waals surface area contributed by atoms with E-state index in [1.54, 1.807) is 27.7 Å². The first-order valence-corrected chi connectivity index (χ1v) is 4.96. The number of hydrogen-bond donors (Lipinski definition) is 3. The van der Waals surface area contributed by atoms with Crippen LogP contribution in [-0.4, -0.2) is 36.1 Å². The Morgan fingerprint density at radius 1 is 1.33 bits per heavy atom. The van der Waals surface area contributed by atoms with Crippen LogP contribution in [0.5, 0.6) is 0 Å². The van der Waals surface area contributed by atoms with Gasteiger partial charge in [0.15, 0.2) is 0 Å². The lowest BCUT2D eigenvalue weighted by Crippen LogP contribution is -2.44. The molecule has 0 saturated heterocycles. The highest BCUT2D eigenvalue weighted by molar-refractivity contribution is 5.87. The van der Waals surface area contributed by atoms with Gasteiger partial charge in [-0.25, -0.2) is 0 Å². The number of rotatable bonds is 4. The molecular weight excluding hydrogens is 196 g/mol. The molecule has 1 unspecified atom stereocenters. The molecule has 5 nitrogen and oxygen atoms in total. The minimum atomic E-state index is -0.497. The van der Waals surface area contributed by atoms with Crippen LogP contribution in [-0.2, 0) is 9.59 Å². The van der Waals surface area contributed by atoms with Crippen LogP contribution in [0.1, 0.15) is 27.7 Å². The molecule has 0 aromatic heterocycles. The Balaban J connectivity index is 3.87. The molecule has 0 rings (SSSR count). The van der Waals surface area contributed by atoms with Crippen LogP contribution >= 0.6 is 0 Å². The van der Waals surface area contributed by atoms with Gasteiger partial charge in [-0.2, -0.15) is 0 Å². The molecule has 88 valence electrons. The molecule has 0 spiro atoms. The molecule has 2 amide bonds. The second-order valence-electron chi connectivity index (χ2n) is 4.58. The van der Waals surface area contributed by atoms with E-state index in [0.717, 1.165) is 0 Å². The van der Waals surface area contributed by atoms with Crippen molar-refractivity contribution < 1.29 is 14.7 Å². The molecule has 0 aliphatic carbocycles. The first-order valence-electron chi connectivity index (χ1n) is 4.96. The zero-order valence-corrected chi connectivity index (χ0v) is 9.76. The summed E-state index contributed by atoms with van der Waals surface area (Å²) >= 11 is 0. The van der Waals surface area contributed by atoms with Gasteiger partial charge in [0.1, 0.15) is 0 Å². The van der Waals surface area contributed by atoms with Crippen LogP contribution in [0.2, 0.25) is 0 Å². The minimum absolute atomic E-state index is 0.0551. The summed E-state index contributed by atoms with van der Waals surface area (Å²) in [6.45, 7) is 6.84. The van der Waals surface area contributed by atoms with E-state index < -0.39 is 5.41 Å². The number of carbonyl (C=O) groups is 2. The van der Waals surface area contributed by atoms with Crippen molar-refractivity contribution in [2.45, 2.75) is 33.7 Å². The molecule has 1 atom stereocenters. The molecule has 0 saturated carbocycles. The van der Waals surface area contributed by atoms with Crippen LogP contribution in [0.25, 0.3) is 0 Å². The number of hydrogen-bond acceptors (Lipinski definition) is 3. The summed E-state index contributed by atoms with van der Waals surface area (Å²) in [5, 5.41) is 13.7. The molecule has 3 N–H and O–H groups in total. The van der Waals surface area contributed by atoms with Crippen molar-refractivity contribution in [1.82, 2.24) is 10.6 Å². The van der Waals surface area contributed by atoms with Crippen molar-refractivity contribution in [2.24, 2.45) is 5.41 Å². The topological polar surface area (TPSA) is 78.4 Å². The van der Waals surface area contributed by atoms with Crippen molar-refractivity contribution in [3.63, 3.8) is 0 Å². The Morgan fingerprint density at radius 2 is 1.87 bits per heavy atom. The van der Waals surface area contributed by atoms with Gasteiger partial charge in [0.25, 0.3) is 0 Å². The SMILES string of the molecule is CC(CO)NC(=O)CNC(=O)C(C)(C)C. The normalized spacial score (nSPS) is 13.1. The van der Waals surface area contributed by atoms with Gasteiger partial charge < -0.3 is 15.7 Å². The molecule has 0 heterocycles. The fourth-order valence-corrected chi connectivity index (χ4v) is 0.797. The van der Waals surface area contributed by atoms with E-state index in [9.17, 15) is 9.59 Å². The minimum Gasteiger partial charge on any atom is -0.394 e. The molecule has 0 aromatic rings. The third-order valence-corrected chi connectivity index (χ3v) is 1.77. The number of aliphatic hydroxyl groups excluding tert-OH is 1. The van der Waals surface area contributed by atoms with Gasteiger partial charge >= 0.3 is 0 Å². The Bertz CT molecular complexity index is 233. The summed E-state index contributed by atoms with van der Waals surface area (Å²) in [6, 6.07) is -0.288. The molecular formula is C10H20N2O3. The first kappa shape index (κ1) is 13.9. The molecule has 15 heavy (non-hydrogen) atoms. The zero-order valence-electron chi connectivity index (χ0n) is 9.76. The maximum Gasteiger partial charge on any atom is 0.239 e. The number of carbonyl (C=O) groups excluding carboxylic acids is 2. The van der Waals surface area contributed by atoms with E-state index in [4.69, 9.17) is 5.11 Å². The van der Waals surface area contributed by atoms with Crippen LogP contribution in [0.4, 0.5) is 0 Å². The second kappa shape index (κ2) is 5.70. The van der Waals surface area contributed by atoms with Crippen LogP contribution in [0.15, 0.2) is 0 Å². The van der Waals surface area contributed by atoms with E-state index in [-0.39, 0.29) is 31.0 Å². The lowest BCUT2D eigenvalue weighted by molar-refractivity contribution is -0.131. The summed E-state index contributed by atoms with van der Waals surface area (Å²) in [6.07, 6.45) is 0. The first-order chi connectivity index (χ1) is 6.77. The van der Waals surface area contributed by atoms with Gasteiger partial charge in [-0.1, -0.05) is 20.8 Å². The Morgan fingerprint density at radius 3 is 2.27 bits per heavy atom. The average Bonchev–Trinajstić information content (AvgIpc) is 2.12. The smallest absolute Gasteiger partial charge is 0.239 e. The molecule has 0 radical (unpaired) electrons. The molecule has 0 bridgehead atoms. The van der Waals surface area contributed by atoms with Gasteiger partial charge in [-0.15, -0.1) is 0 Å². The van der Waals surface area contributed by atoms with E-state index >= 15 is 0 Å². The maximum atomic E-state index is 11.4. The Labute approximate surface area is 90.2 Å². The van der Waals surface area contributed by atoms with Crippen molar-refractivity contribution in [3.05, 3.63) is 0 Å². The second-order valence-corrected chi connectivity index (χ2v) is 4.58. The lowest BCUT2D eigenvalue weighted by Gasteiger charge is -2.18. The number of amides is 2. The van der Waals surface area contributed by atoms with E-state index in [1.807, 2.05) is 0 Å². The molecule has 5 heteroatoms. The Kier molecular flexibility index (Phi) is 5.28. The fraction of sp³-hybridized carbons (Fsp3) is 0.800. The largest absolute Gasteiger partial charge is 0.394 e. The zero-order chi connectivity index (χ0) is 12.1.